The van der Waals surface area contributed by atoms with Gasteiger partial charge in [-0.25, -0.2) is 0 Å². The van der Waals surface area contributed by atoms with Crippen molar-refractivity contribution in [1.29, 1.82) is 0 Å². The number of aliphatic hydroxyl groups excluding tert-OH is 1. The molecule has 0 bridgehead atoms. The van der Waals surface area contributed by atoms with Gasteiger partial charge in [-0.3, -0.25) is 4.79 Å². The summed E-state index contributed by atoms with van der Waals surface area (Å²) in [4.78, 5) is 11.1. The number of aliphatic hydroxyl groups is 1. The van der Waals surface area contributed by atoms with E-state index in [1.165, 1.54) is 25.2 Å². The number of phenols is 1. The molecule has 1 amide bonds. The summed E-state index contributed by atoms with van der Waals surface area (Å²) >= 11 is 0. The summed E-state index contributed by atoms with van der Waals surface area (Å²) in [5.41, 5.74) is 0.769. The fourth-order valence-corrected chi connectivity index (χ4v) is 0.998. The summed E-state index contributed by atoms with van der Waals surface area (Å²) in [5.74, 6) is -0.246. The second-order valence-corrected chi connectivity index (χ2v) is 2.58. The van der Waals surface area contributed by atoms with Gasteiger partial charge in [0.05, 0.1) is 6.61 Å². The summed E-state index contributed by atoms with van der Waals surface area (Å²) in [6.45, 7) is -0.281. The highest BCUT2D eigenvalue weighted by Gasteiger charge is 2.06. The first-order valence-corrected chi connectivity index (χ1v) is 3.84. The molecule has 0 radical (unpaired) electrons. The lowest BCUT2D eigenvalue weighted by molar-refractivity contribution is 0.0963. The standard InChI is InChI=1S/C9H11NO3/c1-10-9(13)6-2-3-8(12)7(4-6)5-11/h2-4,11-12H,5H2,1H3,(H,10,13). The van der Waals surface area contributed by atoms with Crippen molar-refractivity contribution in [1.82, 2.24) is 5.32 Å². The van der Waals surface area contributed by atoms with E-state index in [0.717, 1.165) is 0 Å². The van der Waals surface area contributed by atoms with Gasteiger partial charge in [-0.2, -0.15) is 0 Å². The highest BCUT2D eigenvalue weighted by Crippen LogP contribution is 2.17. The molecule has 4 nitrogen and oxygen atoms in total. The Labute approximate surface area is 75.8 Å². The van der Waals surface area contributed by atoms with Crippen molar-refractivity contribution < 1.29 is 15.0 Å². The quantitative estimate of drug-likeness (QED) is 0.612. The van der Waals surface area contributed by atoms with E-state index in [9.17, 15) is 9.90 Å². The number of carbonyl (C=O) groups is 1. The highest BCUT2D eigenvalue weighted by atomic mass is 16.3. The Hall–Kier alpha value is -1.55. The molecular formula is C9H11NO3. The third-order valence-corrected chi connectivity index (χ3v) is 1.74. The van der Waals surface area contributed by atoms with Crippen LogP contribution in [0.3, 0.4) is 0 Å². The fraction of sp³-hybridized carbons (Fsp3) is 0.222. The lowest BCUT2D eigenvalue weighted by atomic mass is 10.1. The third kappa shape index (κ3) is 1.97. The van der Waals surface area contributed by atoms with Crippen molar-refractivity contribution in [3.8, 4) is 5.75 Å². The SMILES string of the molecule is CNC(=O)c1ccc(O)c(CO)c1. The van der Waals surface area contributed by atoms with Gasteiger partial charge in [0.25, 0.3) is 5.91 Å². The Morgan fingerprint density at radius 2 is 2.23 bits per heavy atom. The predicted molar refractivity (Wildman–Crippen MR) is 47.4 cm³/mol. The molecule has 0 fully saturated rings. The Morgan fingerprint density at radius 1 is 1.54 bits per heavy atom. The molecule has 0 aliphatic rings. The number of nitrogens with one attached hydrogen (secondary N) is 1. The highest BCUT2D eigenvalue weighted by molar-refractivity contribution is 5.94. The second-order valence-electron chi connectivity index (χ2n) is 2.58. The molecule has 1 aromatic rings. The van der Waals surface area contributed by atoms with Crippen LogP contribution in [0.4, 0.5) is 0 Å². The maximum absolute atomic E-state index is 11.1. The summed E-state index contributed by atoms with van der Waals surface area (Å²) in [5, 5.41) is 20.5. The smallest absolute Gasteiger partial charge is 0.251 e. The van der Waals surface area contributed by atoms with Crippen LogP contribution in [0.15, 0.2) is 18.2 Å². The van der Waals surface area contributed by atoms with Gasteiger partial charge in [-0.05, 0) is 18.2 Å². The van der Waals surface area contributed by atoms with E-state index in [1.54, 1.807) is 0 Å². The molecule has 0 saturated carbocycles. The van der Waals surface area contributed by atoms with Gasteiger partial charge in [0, 0.05) is 18.2 Å². The van der Waals surface area contributed by atoms with Crippen molar-refractivity contribution in [2.75, 3.05) is 7.05 Å². The summed E-state index contributed by atoms with van der Waals surface area (Å²) in [7, 11) is 1.52. The van der Waals surface area contributed by atoms with E-state index >= 15 is 0 Å². The van der Waals surface area contributed by atoms with E-state index in [1.807, 2.05) is 0 Å². The van der Waals surface area contributed by atoms with Crippen molar-refractivity contribution in [2.24, 2.45) is 0 Å². The Bertz CT molecular complexity index is 323. The van der Waals surface area contributed by atoms with Crippen molar-refractivity contribution in [3.63, 3.8) is 0 Å². The minimum Gasteiger partial charge on any atom is -0.508 e. The average molecular weight is 181 g/mol. The molecule has 13 heavy (non-hydrogen) atoms. The van der Waals surface area contributed by atoms with Gasteiger partial charge >= 0.3 is 0 Å². The first kappa shape index (κ1) is 9.54. The molecular weight excluding hydrogens is 170 g/mol. The molecule has 0 aliphatic heterocycles. The van der Waals surface area contributed by atoms with E-state index < -0.39 is 0 Å². The number of hydrogen-bond acceptors (Lipinski definition) is 3. The zero-order valence-corrected chi connectivity index (χ0v) is 7.24. The number of benzene rings is 1. The molecule has 0 unspecified atom stereocenters. The van der Waals surface area contributed by atoms with Gasteiger partial charge in [-0.1, -0.05) is 0 Å². The topological polar surface area (TPSA) is 69.6 Å². The molecule has 3 N–H and O–H groups in total. The monoisotopic (exact) mass is 181 g/mol. The fourth-order valence-electron chi connectivity index (χ4n) is 0.998. The minimum absolute atomic E-state index is 0.00449. The van der Waals surface area contributed by atoms with Crippen molar-refractivity contribution in [3.05, 3.63) is 29.3 Å². The van der Waals surface area contributed by atoms with Crippen LogP contribution in [0.1, 0.15) is 15.9 Å². The third-order valence-electron chi connectivity index (χ3n) is 1.74. The molecule has 1 aromatic carbocycles. The Balaban J connectivity index is 3.06. The van der Waals surface area contributed by atoms with E-state index in [4.69, 9.17) is 5.11 Å². The lowest BCUT2D eigenvalue weighted by Crippen LogP contribution is -2.17. The Morgan fingerprint density at radius 3 is 2.77 bits per heavy atom. The van der Waals surface area contributed by atoms with Crippen LogP contribution in [0.25, 0.3) is 0 Å². The number of carbonyl (C=O) groups excluding carboxylic acids is 1. The molecule has 4 heteroatoms. The molecule has 70 valence electrons. The number of aromatic hydroxyl groups is 1. The molecule has 0 spiro atoms. The first-order chi connectivity index (χ1) is 6.19. The largest absolute Gasteiger partial charge is 0.508 e. The van der Waals surface area contributed by atoms with Gasteiger partial charge < -0.3 is 15.5 Å². The maximum atomic E-state index is 11.1. The number of hydrogen-bond donors (Lipinski definition) is 3. The van der Waals surface area contributed by atoms with Crippen LogP contribution in [0.2, 0.25) is 0 Å². The number of rotatable bonds is 2. The average Bonchev–Trinajstić information content (AvgIpc) is 2.17. The van der Waals surface area contributed by atoms with E-state index in [-0.39, 0.29) is 18.3 Å². The van der Waals surface area contributed by atoms with Gasteiger partial charge in [0.2, 0.25) is 0 Å². The van der Waals surface area contributed by atoms with E-state index in [0.29, 0.717) is 11.1 Å². The molecule has 0 saturated heterocycles. The second kappa shape index (κ2) is 3.91. The summed E-state index contributed by atoms with van der Waals surface area (Å²) in [6.07, 6.45) is 0. The van der Waals surface area contributed by atoms with Crippen molar-refractivity contribution >= 4 is 5.91 Å². The minimum atomic E-state index is -0.281. The molecule has 0 aromatic heterocycles. The van der Waals surface area contributed by atoms with Gasteiger partial charge in [0.15, 0.2) is 0 Å². The van der Waals surface area contributed by atoms with Gasteiger partial charge in [-0.15, -0.1) is 0 Å². The normalized spacial score (nSPS) is 9.69. The van der Waals surface area contributed by atoms with Crippen LogP contribution >= 0.6 is 0 Å². The van der Waals surface area contributed by atoms with Crippen LogP contribution in [-0.2, 0) is 6.61 Å². The maximum Gasteiger partial charge on any atom is 0.251 e. The summed E-state index contributed by atoms with van der Waals surface area (Å²) in [6, 6.07) is 4.33. The number of amides is 1. The predicted octanol–water partition coefficient (Wildman–Crippen LogP) is 0.244. The van der Waals surface area contributed by atoms with Crippen LogP contribution in [-0.4, -0.2) is 23.2 Å². The Kier molecular flexibility index (Phi) is 2.87. The van der Waals surface area contributed by atoms with Crippen LogP contribution in [0, 0.1) is 0 Å². The molecule has 0 heterocycles. The van der Waals surface area contributed by atoms with Crippen LogP contribution in [0.5, 0.6) is 5.75 Å². The van der Waals surface area contributed by atoms with E-state index in [2.05, 4.69) is 5.32 Å². The molecule has 1 rings (SSSR count). The van der Waals surface area contributed by atoms with Gasteiger partial charge in [0.1, 0.15) is 5.75 Å². The first-order valence-electron chi connectivity index (χ1n) is 3.84. The zero-order valence-electron chi connectivity index (χ0n) is 7.24. The van der Waals surface area contributed by atoms with Crippen LogP contribution < -0.4 is 5.32 Å². The zero-order chi connectivity index (χ0) is 9.84. The summed E-state index contributed by atoms with van der Waals surface area (Å²) < 4.78 is 0. The van der Waals surface area contributed by atoms with Crippen molar-refractivity contribution in [2.45, 2.75) is 6.61 Å². The lowest BCUT2D eigenvalue weighted by Gasteiger charge is -2.03. The molecule has 0 aliphatic carbocycles. The molecule has 0 atom stereocenters.